The van der Waals surface area contributed by atoms with E-state index < -0.39 is 0 Å². The first-order valence-electron chi connectivity index (χ1n) is 5.77. The highest BCUT2D eigenvalue weighted by atomic mass is 19.1. The van der Waals surface area contributed by atoms with Crippen LogP contribution in [-0.4, -0.2) is 7.11 Å². The molecule has 0 bridgehead atoms. The summed E-state index contributed by atoms with van der Waals surface area (Å²) in [5.41, 5.74) is 2.81. The lowest BCUT2D eigenvalue weighted by atomic mass is 10.1. The minimum absolute atomic E-state index is 0.280. The maximum atomic E-state index is 13.7. The Morgan fingerprint density at radius 1 is 1.00 bits per heavy atom. The number of ether oxygens (including phenoxy) is 1. The number of halogens is 1. The summed E-state index contributed by atoms with van der Waals surface area (Å²) in [5, 5.41) is 0. The Morgan fingerprint density at radius 3 is 2.33 bits per heavy atom. The van der Waals surface area contributed by atoms with Crippen molar-refractivity contribution in [2.45, 2.75) is 6.92 Å². The predicted octanol–water partition coefficient (Wildman–Crippen LogP) is 4.31. The summed E-state index contributed by atoms with van der Waals surface area (Å²) in [7, 11) is 1.52. The fraction of sp³-hybridized carbons (Fsp3) is 0.125. The Morgan fingerprint density at radius 2 is 1.72 bits per heavy atom. The largest absolute Gasteiger partial charge is 0.497 e. The Labute approximate surface area is 107 Å². The Kier molecular flexibility index (Phi) is 3.78. The molecule has 0 unspecified atom stereocenters. The third-order valence-electron chi connectivity index (χ3n) is 2.74. The molecule has 0 radical (unpaired) electrons. The zero-order chi connectivity index (χ0) is 13.0. The van der Waals surface area contributed by atoms with Gasteiger partial charge in [0.2, 0.25) is 0 Å². The van der Waals surface area contributed by atoms with Gasteiger partial charge in [0.15, 0.2) is 0 Å². The first kappa shape index (κ1) is 12.4. The number of aryl methyl sites for hydroxylation is 1. The van der Waals surface area contributed by atoms with Gasteiger partial charge in [-0.1, -0.05) is 42.0 Å². The number of hydrogen-bond donors (Lipinski definition) is 0. The summed E-state index contributed by atoms with van der Waals surface area (Å²) in [5.74, 6) is 0.248. The van der Waals surface area contributed by atoms with Gasteiger partial charge in [-0.15, -0.1) is 0 Å². The fourth-order valence-electron chi connectivity index (χ4n) is 1.63. The molecule has 0 fully saturated rings. The number of benzene rings is 2. The maximum absolute atomic E-state index is 13.7. The summed E-state index contributed by atoms with van der Waals surface area (Å²) in [6, 6.07) is 12.9. The second-order valence-corrected chi connectivity index (χ2v) is 4.13. The lowest BCUT2D eigenvalue weighted by Gasteiger charge is -2.01. The lowest BCUT2D eigenvalue weighted by Crippen LogP contribution is -1.86. The van der Waals surface area contributed by atoms with Crippen LogP contribution in [0.15, 0.2) is 42.5 Å². The molecule has 0 heterocycles. The molecule has 0 saturated heterocycles. The van der Waals surface area contributed by atoms with E-state index in [2.05, 4.69) is 0 Å². The van der Waals surface area contributed by atoms with Crippen LogP contribution in [0.5, 0.6) is 5.75 Å². The van der Waals surface area contributed by atoms with Gasteiger partial charge in [-0.3, -0.25) is 0 Å². The molecule has 18 heavy (non-hydrogen) atoms. The van der Waals surface area contributed by atoms with E-state index in [9.17, 15) is 4.39 Å². The van der Waals surface area contributed by atoms with E-state index in [1.54, 1.807) is 18.2 Å². The molecular weight excluding hydrogens is 227 g/mol. The van der Waals surface area contributed by atoms with Gasteiger partial charge in [0.25, 0.3) is 0 Å². The first-order valence-corrected chi connectivity index (χ1v) is 5.77. The molecule has 0 saturated carbocycles. The highest BCUT2D eigenvalue weighted by molar-refractivity contribution is 5.70. The van der Waals surface area contributed by atoms with E-state index in [1.165, 1.54) is 18.7 Å². The summed E-state index contributed by atoms with van der Waals surface area (Å²) in [6.45, 7) is 2.04. The van der Waals surface area contributed by atoms with Gasteiger partial charge in [-0.25, -0.2) is 4.39 Å². The van der Waals surface area contributed by atoms with E-state index in [0.29, 0.717) is 11.3 Å². The van der Waals surface area contributed by atoms with Crippen LogP contribution in [-0.2, 0) is 0 Å². The average molecular weight is 242 g/mol. The second-order valence-electron chi connectivity index (χ2n) is 4.13. The summed E-state index contributed by atoms with van der Waals surface area (Å²) in [6.07, 6.45) is 3.66. The standard InChI is InChI=1S/C16H15FO/c1-12-3-5-13(6-4-12)7-8-14-9-10-15(18-2)11-16(14)17/h3-11H,1-2H3/b8-7+. The van der Waals surface area contributed by atoms with E-state index in [0.717, 1.165) is 5.56 Å². The fourth-order valence-corrected chi connectivity index (χ4v) is 1.63. The molecule has 2 heteroatoms. The van der Waals surface area contributed by atoms with Crippen LogP contribution < -0.4 is 4.74 Å². The van der Waals surface area contributed by atoms with Crippen molar-refractivity contribution in [3.63, 3.8) is 0 Å². The number of rotatable bonds is 3. The Bertz CT molecular complexity index is 556. The van der Waals surface area contributed by atoms with Crippen LogP contribution in [0.2, 0.25) is 0 Å². The maximum Gasteiger partial charge on any atom is 0.134 e. The highest BCUT2D eigenvalue weighted by Gasteiger charge is 2.00. The summed E-state index contributed by atoms with van der Waals surface area (Å²) in [4.78, 5) is 0. The van der Waals surface area contributed by atoms with Gasteiger partial charge in [0, 0.05) is 11.6 Å². The van der Waals surface area contributed by atoms with Gasteiger partial charge in [-0.2, -0.15) is 0 Å². The minimum Gasteiger partial charge on any atom is -0.497 e. The predicted molar refractivity (Wildman–Crippen MR) is 73.1 cm³/mol. The molecule has 2 aromatic rings. The zero-order valence-corrected chi connectivity index (χ0v) is 10.5. The third-order valence-corrected chi connectivity index (χ3v) is 2.74. The zero-order valence-electron chi connectivity index (χ0n) is 10.5. The van der Waals surface area contributed by atoms with E-state index in [1.807, 2.05) is 37.3 Å². The van der Waals surface area contributed by atoms with Crippen molar-refractivity contribution in [2.75, 3.05) is 7.11 Å². The van der Waals surface area contributed by atoms with E-state index in [-0.39, 0.29) is 5.82 Å². The first-order chi connectivity index (χ1) is 8.69. The van der Waals surface area contributed by atoms with Crippen LogP contribution in [0, 0.1) is 12.7 Å². The quantitative estimate of drug-likeness (QED) is 0.728. The van der Waals surface area contributed by atoms with Gasteiger partial charge in [-0.05, 0) is 24.6 Å². The number of methoxy groups -OCH3 is 1. The van der Waals surface area contributed by atoms with Crippen molar-refractivity contribution in [2.24, 2.45) is 0 Å². The molecule has 0 aromatic heterocycles. The average Bonchev–Trinajstić information content (AvgIpc) is 2.39. The molecule has 92 valence electrons. The smallest absolute Gasteiger partial charge is 0.134 e. The lowest BCUT2D eigenvalue weighted by molar-refractivity contribution is 0.411. The van der Waals surface area contributed by atoms with Gasteiger partial charge >= 0.3 is 0 Å². The van der Waals surface area contributed by atoms with Gasteiger partial charge in [0.1, 0.15) is 11.6 Å². The van der Waals surface area contributed by atoms with Gasteiger partial charge in [0.05, 0.1) is 7.11 Å². The van der Waals surface area contributed by atoms with Crippen LogP contribution in [0.1, 0.15) is 16.7 Å². The van der Waals surface area contributed by atoms with Crippen molar-refractivity contribution in [3.8, 4) is 5.75 Å². The second kappa shape index (κ2) is 5.50. The molecule has 0 N–H and O–H groups in total. The summed E-state index contributed by atoms with van der Waals surface area (Å²) >= 11 is 0. The molecule has 0 amide bonds. The normalized spacial score (nSPS) is 10.8. The van der Waals surface area contributed by atoms with Crippen molar-refractivity contribution in [1.82, 2.24) is 0 Å². The molecule has 2 aromatic carbocycles. The molecule has 0 aliphatic rings. The highest BCUT2D eigenvalue weighted by Crippen LogP contribution is 2.18. The Balaban J connectivity index is 2.20. The Hall–Kier alpha value is -2.09. The van der Waals surface area contributed by atoms with E-state index >= 15 is 0 Å². The molecule has 0 atom stereocenters. The van der Waals surface area contributed by atoms with Crippen LogP contribution in [0.3, 0.4) is 0 Å². The van der Waals surface area contributed by atoms with Crippen molar-refractivity contribution < 1.29 is 9.13 Å². The summed E-state index contributed by atoms with van der Waals surface area (Å²) < 4.78 is 18.6. The molecule has 2 rings (SSSR count). The van der Waals surface area contributed by atoms with Crippen molar-refractivity contribution in [1.29, 1.82) is 0 Å². The molecule has 0 spiro atoms. The topological polar surface area (TPSA) is 9.23 Å². The van der Waals surface area contributed by atoms with Crippen molar-refractivity contribution in [3.05, 3.63) is 65.0 Å². The van der Waals surface area contributed by atoms with Crippen LogP contribution >= 0.6 is 0 Å². The minimum atomic E-state index is -0.280. The molecule has 1 nitrogen and oxygen atoms in total. The monoisotopic (exact) mass is 242 g/mol. The molecule has 0 aliphatic carbocycles. The van der Waals surface area contributed by atoms with Gasteiger partial charge < -0.3 is 4.74 Å². The SMILES string of the molecule is COc1ccc(/C=C/c2ccc(C)cc2)c(F)c1. The van der Waals surface area contributed by atoms with Crippen LogP contribution in [0.25, 0.3) is 12.2 Å². The van der Waals surface area contributed by atoms with Crippen molar-refractivity contribution >= 4 is 12.2 Å². The number of hydrogen-bond acceptors (Lipinski definition) is 1. The molecular formula is C16H15FO. The van der Waals surface area contributed by atoms with Crippen LogP contribution in [0.4, 0.5) is 4.39 Å². The third kappa shape index (κ3) is 2.98. The van der Waals surface area contributed by atoms with E-state index in [4.69, 9.17) is 4.74 Å². The molecule has 0 aliphatic heterocycles.